The Kier molecular flexibility index (Phi) is 1.74. The first-order valence-electron chi connectivity index (χ1n) is 6.04. The summed E-state index contributed by atoms with van der Waals surface area (Å²) >= 11 is 0. The van der Waals surface area contributed by atoms with Crippen molar-refractivity contribution in [3.8, 4) is 0 Å². The summed E-state index contributed by atoms with van der Waals surface area (Å²) in [6.45, 7) is 5.30. The van der Waals surface area contributed by atoms with Crippen LogP contribution in [0.5, 0.6) is 0 Å². The van der Waals surface area contributed by atoms with Gasteiger partial charge in [0.15, 0.2) is 0 Å². The molecule has 0 aromatic carbocycles. The van der Waals surface area contributed by atoms with Crippen molar-refractivity contribution < 1.29 is 0 Å². The zero-order valence-electron chi connectivity index (χ0n) is 8.76. The van der Waals surface area contributed by atoms with Gasteiger partial charge in [0.05, 0.1) is 0 Å². The minimum atomic E-state index is 0.808. The van der Waals surface area contributed by atoms with Gasteiger partial charge in [0.1, 0.15) is 0 Å². The highest BCUT2D eigenvalue weighted by Crippen LogP contribution is 2.58. The second kappa shape index (κ2) is 2.73. The van der Waals surface area contributed by atoms with E-state index in [-0.39, 0.29) is 0 Å². The van der Waals surface area contributed by atoms with E-state index < -0.39 is 0 Å². The van der Waals surface area contributed by atoms with E-state index in [2.05, 4.69) is 11.8 Å². The molecule has 1 heteroatoms. The maximum absolute atomic E-state index is 2.80. The molecule has 1 heterocycles. The van der Waals surface area contributed by atoms with Gasteiger partial charge in [-0.1, -0.05) is 19.8 Å². The molecule has 13 heavy (non-hydrogen) atoms. The third-order valence-corrected chi connectivity index (χ3v) is 4.85. The van der Waals surface area contributed by atoms with Crippen LogP contribution in [0.25, 0.3) is 0 Å². The molecule has 2 atom stereocenters. The van der Waals surface area contributed by atoms with Gasteiger partial charge in [-0.15, -0.1) is 0 Å². The van der Waals surface area contributed by atoms with Gasteiger partial charge in [-0.25, -0.2) is 0 Å². The molecule has 1 saturated heterocycles. The summed E-state index contributed by atoms with van der Waals surface area (Å²) in [5, 5.41) is 0. The number of likely N-dealkylation sites (tertiary alicyclic amines) is 1. The third-order valence-electron chi connectivity index (χ3n) is 4.85. The molecule has 0 aromatic rings. The minimum absolute atomic E-state index is 0.808. The Morgan fingerprint density at radius 1 is 1.23 bits per heavy atom. The van der Waals surface area contributed by atoms with Crippen molar-refractivity contribution in [3.63, 3.8) is 0 Å². The van der Waals surface area contributed by atoms with Crippen LogP contribution in [0.3, 0.4) is 0 Å². The van der Waals surface area contributed by atoms with Crippen molar-refractivity contribution in [2.75, 3.05) is 13.1 Å². The third kappa shape index (κ3) is 1.24. The van der Waals surface area contributed by atoms with E-state index in [1.165, 1.54) is 51.6 Å². The highest BCUT2D eigenvalue weighted by atomic mass is 15.2. The molecule has 2 aliphatic carbocycles. The number of hydrogen-bond acceptors (Lipinski definition) is 1. The van der Waals surface area contributed by atoms with Crippen molar-refractivity contribution in [3.05, 3.63) is 0 Å². The van der Waals surface area contributed by atoms with Crippen LogP contribution in [-0.4, -0.2) is 24.0 Å². The number of hydrogen-bond donors (Lipinski definition) is 0. The molecule has 0 radical (unpaired) electrons. The van der Waals surface area contributed by atoms with Crippen molar-refractivity contribution in [2.24, 2.45) is 11.3 Å². The van der Waals surface area contributed by atoms with E-state index in [0.29, 0.717) is 0 Å². The average molecular weight is 179 g/mol. The fourth-order valence-electron chi connectivity index (χ4n) is 3.63. The van der Waals surface area contributed by atoms with Crippen LogP contribution in [0.15, 0.2) is 0 Å². The van der Waals surface area contributed by atoms with Crippen molar-refractivity contribution >= 4 is 0 Å². The Bertz CT molecular complexity index is 207. The van der Waals surface area contributed by atoms with E-state index in [0.717, 1.165) is 17.4 Å². The summed E-state index contributed by atoms with van der Waals surface area (Å²) in [4.78, 5) is 2.80. The molecule has 0 amide bonds. The Morgan fingerprint density at radius 2 is 1.92 bits per heavy atom. The number of rotatable bonds is 1. The van der Waals surface area contributed by atoms with E-state index in [1.54, 1.807) is 0 Å². The zero-order chi connectivity index (χ0) is 8.89. The molecule has 74 valence electrons. The maximum Gasteiger partial charge on any atom is 0.00954 e. The van der Waals surface area contributed by atoms with Crippen LogP contribution in [0.2, 0.25) is 0 Å². The Hall–Kier alpha value is -0.0400. The molecule has 1 aliphatic heterocycles. The molecule has 2 saturated carbocycles. The van der Waals surface area contributed by atoms with Crippen LogP contribution in [0.1, 0.15) is 45.4 Å². The summed E-state index contributed by atoms with van der Waals surface area (Å²) in [7, 11) is 0. The predicted octanol–water partition coefficient (Wildman–Crippen LogP) is 2.66. The molecule has 1 nitrogen and oxygen atoms in total. The van der Waals surface area contributed by atoms with Gasteiger partial charge in [0.2, 0.25) is 0 Å². The lowest BCUT2D eigenvalue weighted by atomic mass is 10.0. The summed E-state index contributed by atoms with van der Waals surface area (Å²) in [5.41, 5.74) is 0.808. The topological polar surface area (TPSA) is 3.24 Å². The van der Waals surface area contributed by atoms with Gasteiger partial charge in [-0.3, -0.25) is 4.90 Å². The molecule has 1 unspecified atom stereocenters. The Morgan fingerprint density at radius 3 is 2.46 bits per heavy atom. The highest BCUT2D eigenvalue weighted by molar-refractivity contribution is 5.06. The molecular weight excluding hydrogens is 158 g/mol. The van der Waals surface area contributed by atoms with Gasteiger partial charge in [-0.05, 0) is 43.6 Å². The van der Waals surface area contributed by atoms with Crippen molar-refractivity contribution in [1.82, 2.24) is 4.90 Å². The summed E-state index contributed by atoms with van der Waals surface area (Å²) in [6.07, 6.45) is 8.99. The summed E-state index contributed by atoms with van der Waals surface area (Å²) in [5.74, 6) is 1.04. The van der Waals surface area contributed by atoms with E-state index >= 15 is 0 Å². The SMILES string of the molecule is C[C@@H]1CC12CCN(C1CCCC1)C2. The largest absolute Gasteiger partial charge is 0.300 e. The first-order valence-corrected chi connectivity index (χ1v) is 6.04. The fourth-order valence-corrected chi connectivity index (χ4v) is 3.63. The minimum Gasteiger partial charge on any atom is -0.300 e. The Balaban J connectivity index is 1.62. The molecule has 3 fully saturated rings. The molecule has 0 N–H and O–H groups in total. The normalized spacial score (nSPS) is 46.4. The summed E-state index contributed by atoms with van der Waals surface area (Å²) < 4.78 is 0. The van der Waals surface area contributed by atoms with Gasteiger partial charge in [-0.2, -0.15) is 0 Å². The van der Waals surface area contributed by atoms with Crippen LogP contribution in [0.4, 0.5) is 0 Å². The average Bonchev–Trinajstić information content (AvgIpc) is 2.63. The molecule has 3 aliphatic rings. The lowest BCUT2D eigenvalue weighted by Gasteiger charge is -2.23. The molecular formula is C12H21N. The molecule has 0 bridgehead atoms. The van der Waals surface area contributed by atoms with Gasteiger partial charge >= 0.3 is 0 Å². The second-order valence-corrected chi connectivity index (χ2v) is 5.63. The van der Waals surface area contributed by atoms with Crippen LogP contribution >= 0.6 is 0 Å². The predicted molar refractivity (Wildman–Crippen MR) is 54.7 cm³/mol. The van der Waals surface area contributed by atoms with Crippen LogP contribution in [-0.2, 0) is 0 Å². The maximum atomic E-state index is 2.80. The highest BCUT2D eigenvalue weighted by Gasteiger charge is 2.55. The van der Waals surface area contributed by atoms with Gasteiger partial charge in [0.25, 0.3) is 0 Å². The second-order valence-electron chi connectivity index (χ2n) is 5.63. The van der Waals surface area contributed by atoms with Crippen molar-refractivity contribution in [2.45, 2.75) is 51.5 Å². The molecule has 0 aromatic heterocycles. The van der Waals surface area contributed by atoms with E-state index in [9.17, 15) is 0 Å². The zero-order valence-corrected chi connectivity index (χ0v) is 8.76. The van der Waals surface area contributed by atoms with Crippen LogP contribution < -0.4 is 0 Å². The fraction of sp³-hybridized carbons (Fsp3) is 1.00. The first kappa shape index (κ1) is 8.28. The lowest BCUT2D eigenvalue weighted by Crippen LogP contribution is -2.31. The quantitative estimate of drug-likeness (QED) is 0.598. The smallest absolute Gasteiger partial charge is 0.00954 e. The first-order chi connectivity index (χ1) is 6.30. The van der Waals surface area contributed by atoms with Gasteiger partial charge < -0.3 is 0 Å². The molecule has 3 rings (SSSR count). The molecule has 1 spiro atoms. The number of nitrogens with zero attached hydrogens (tertiary/aromatic N) is 1. The van der Waals surface area contributed by atoms with E-state index in [1.807, 2.05) is 0 Å². The lowest BCUT2D eigenvalue weighted by molar-refractivity contribution is 0.232. The van der Waals surface area contributed by atoms with E-state index in [4.69, 9.17) is 0 Å². The van der Waals surface area contributed by atoms with Crippen LogP contribution in [0, 0.1) is 11.3 Å². The van der Waals surface area contributed by atoms with Crippen molar-refractivity contribution in [1.29, 1.82) is 0 Å². The van der Waals surface area contributed by atoms with Gasteiger partial charge in [0, 0.05) is 12.6 Å². The monoisotopic (exact) mass is 179 g/mol. The Labute approximate surface area is 81.5 Å². The standard InChI is InChI=1S/C12H21N/c1-10-8-12(10)6-7-13(9-12)11-4-2-3-5-11/h10-11H,2-9H2,1H3/t10-,12?/m1/s1. The summed E-state index contributed by atoms with van der Waals surface area (Å²) in [6, 6.07) is 0.979.